The van der Waals surface area contributed by atoms with Gasteiger partial charge in [0.2, 0.25) is 5.91 Å². The van der Waals surface area contributed by atoms with Crippen molar-refractivity contribution in [3.05, 3.63) is 18.6 Å². The van der Waals surface area contributed by atoms with Gasteiger partial charge in [0, 0.05) is 32.6 Å². The highest BCUT2D eigenvalue weighted by Crippen LogP contribution is 2.28. The first kappa shape index (κ1) is 17.7. The molecule has 0 spiro atoms. The fraction of sp³-hybridized carbons (Fsp3) is 0.562. The zero-order valence-corrected chi connectivity index (χ0v) is 15.5. The van der Waals surface area contributed by atoms with Gasteiger partial charge < -0.3 is 14.8 Å². The average Bonchev–Trinajstić information content (AvgIpc) is 3.01. The van der Waals surface area contributed by atoms with Crippen LogP contribution in [0.1, 0.15) is 13.3 Å². The molecule has 8 nitrogen and oxygen atoms in total. The molecule has 0 aromatic carbocycles. The Morgan fingerprint density at radius 2 is 2.20 bits per heavy atom. The Bertz CT molecular complexity index is 879. The molecule has 1 aliphatic rings. The molecule has 1 fully saturated rings. The maximum absolute atomic E-state index is 12.3. The van der Waals surface area contributed by atoms with Crippen molar-refractivity contribution in [1.82, 2.24) is 19.9 Å². The van der Waals surface area contributed by atoms with Crippen molar-refractivity contribution in [2.75, 3.05) is 37.0 Å². The second-order valence-corrected chi connectivity index (χ2v) is 8.93. The average molecular weight is 365 g/mol. The molecule has 1 amide bonds. The molecule has 3 heterocycles. The number of anilines is 1. The molecule has 1 aliphatic heterocycles. The summed E-state index contributed by atoms with van der Waals surface area (Å²) in [5, 5.41) is 0.928. The summed E-state index contributed by atoms with van der Waals surface area (Å²) >= 11 is 0. The zero-order valence-electron chi connectivity index (χ0n) is 14.6. The van der Waals surface area contributed by atoms with Gasteiger partial charge in [-0.2, -0.15) is 0 Å². The lowest BCUT2D eigenvalue weighted by molar-refractivity contribution is -0.130. The van der Waals surface area contributed by atoms with Crippen LogP contribution in [0.3, 0.4) is 0 Å². The largest absolute Gasteiger partial charge is 0.354 e. The van der Waals surface area contributed by atoms with Gasteiger partial charge in [0.25, 0.3) is 0 Å². The summed E-state index contributed by atoms with van der Waals surface area (Å²) in [5.74, 6) is 0.395. The van der Waals surface area contributed by atoms with Gasteiger partial charge in [0.15, 0.2) is 9.84 Å². The van der Waals surface area contributed by atoms with E-state index in [1.54, 1.807) is 4.90 Å². The summed E-state index contributed by atoms with van der Waals surface area (Å²) in [7, 11) is -1.37. The zero-order chi connectivity index (χ0) is 18.2. The van der Waals surface area contributed by atoms with Crippen molar-refractivity contribution in [1.29, 1.82) is 0 Å². The number of hydrogen-bond donors (Lipinski definition) is 1. The van der Waals surface area contributed by atoms with Crippen molar-refractivity contribution >= 4 is 32.6 Å². The molecule has 0 bridgehead atoms. The van der Waals surface area contributed by atoms with E-state index in [0.717, 1.165) is 29.5 Å². The van der Waals surface area contributed by atoms with Crippen molar-refractivity contribution < 1.29 is 13.2 Å². The Morgan fingerprint density at radius 3 is 2.92 bits per heavy atom. The standard InChI is InChI=1S/C16H23N5O3S/c1-11-5-7-21(14(22)9-25(3,23)24)8-13(11)20(2)16-12-4-6-17-15(12)18-10-19-16/h4,6,10-11,13H,5,7-9H2,1-3H3,(H,17,18,19)/t11-,13+/m0/s1. The molecule has 2 atom stereocenters. The number of carbonyl (C=O) groups is 1. The van der Waals surface area contributed by atoms with Crippen LogP contribution in [-0.4, -0.2) is 72.4 Å². The highest BCUT2D eigenvalue weighted by molar-refractivity contribution is 7.91. The summed E-state index contributed by atoms with van der Waals surface area (Å²) in [6.45, 7) is 3.22. The van der Waals surface area contributed by atoms with E-state index in [1.165, 1.54) is 6.33 Å². The van der Waals surface area contributed by atoms with Gasteiger partial charge in [0.05, 0.1) is 11.4 Å². The van der Waals surface area contributed by atoms with E-state index in [-0.39, 0.29) is 11.9 Å². The molecule has 9 heteroatoms. The minimum atomic E-state index is -3.33. The van der Waals surface area contributed by atoms with E-state index in [4.69, 9.17) is 0 Å². The lowest BCUT2D eigenvalue weighted by Crippen LogP contribution is -2.53. The number of aromatic nitrogens is 3. The molecule has 3 rings (SSSR count). The number of amides is 1. The third-order valence-corrected chi connectivity index (χ3v) is 5.59. The molecule has 0 saturated carbocycles. The SMILES string of the molecule is C[C@H]1CCN(C(=O)CS(C)(=O)=O)C[C@H]1N(C)c1ncnc2[nH]ccc12. The number of sulfone groups is 1. The van der Waals surface area contributed by atoms with E-state index in [1.807, 2.05) is 19.3 Å². The van der Waals surface area contributed by atoms with Crippen LogP contribution in [0.4, 0.5) is 5.82 Å². The fourth-order valence-corrected chi connectivity index (χ4v) is 4.02. The fourth-order valence-electron chi connectivity index (χ4n) is 3.39. The number of rotatable bonds is 4. The number of piperidine rings is 1. The van der Waals surface area contributed by atoms with Crippen LogP contribution in [0.25, 0.3) is 11.0 Å². The summed E-state index contributed by atoms with van der Waals surface area (Å²) < 4.78 is 22.8. The Kier molecular flexibility index (Phi) is 4.68. The Balaban J connectivity index is 1.82. The van der Waals surface area contributed by atoms with Crippen LogP contribution in [-0.2, 0) is 14.6 Å². The molecule has 2 aromatic rings. The smallest absolute Gasteiger partial charge is 0.237 e. The number of hydrogen-bond acceptors (Lipinski definition) is 6. The maximum atomic E-state index is 12.3. The van der Waals surface area contributed by atoms with Crippen molar-refractivity contribution in [2.24, 2.45) is 5.92 Å². The quantitative estimate of drug-likeness (QED) is 0.855. The monoisotopic (exact) mass is 365 g/mol. The maximum Gasteiger partial charge on any atom is 0.237 e. The minimum Gasteiger partial charge on any atom is -0.354 e. The summed E-state index contributed by atoms with van der Waals surface area (Å²) in [5.41, 5.74) is 0.769. The number of fused-ring (bicyclic) bond motifs is 1. The van der Waals surface area contributed by atoms with Gasteiger partial charge in [-0.3, -0.25) is 4.79 Å². The molecular formula is C16H23N5O3S. The Hall–Kier alpha value is -2.16. The highest BCUT2D eigenvalue weighted by atomic mass is 32.2. The van der Waals surface area contributed by atoms with Gasteiger partial charge in [-0.05, 0) is 18.4 Å². The summed E-state index contributed by atoms with van der Waals surface area (Å²) in [6, 6.07) is 1.99. The van der Waals surface area contributed by atoms with E-state index >= 15 is 0 Å². The first-order valence-electron chi connectivity index (χ1n) is 8.22. The predicted octanol–water partition coefficient (Wildman–Crippen LogP) is 0.676. The number of nitrogens with one attached hydrogen (secondary N) is 1. The van der Waals surface area contributed by atoms with Crippen LogP contribution in [0.15, 0.2) is 18.6 Å². The van der Waals surface area contributed by atoms with Gasteiger partial charge in [-0.25, -0.2) is 18.4 Å². The van der Waals surface area contributed by atoms with E-state index < -0.39 is 15.6 Å². The van der Waals surface area contributed by atoms with Crippen LogP contribution >= 0.6 is 0 Å². The van der Waals surface area contributed by atoms with Crippen LogP contribution < -0.4 is 4.90 Å². The predicted molar refractivity (Wildman–Crippen MR) is 96.2 cm³/mol. The molecule has 25 heavy (non-hydrogen) atoms. The van der Waals surface area contributed by atoms with E-state index in [2.05, 4.69) is 26.8 Å². The topological polar surface area (TPSA) is 99.3 Å². The van der Waals surface area contributed by atoms with Gasteiger partial charge in [-0.15, -0.1) is 0 Å². The van der Waals surface area contributed by atoms with Crippen molar-refractivity contribution in [3.8, 4) is 0 Å². The number of H-pyrrole nitrogens is 1. The number of aromatic amines is 1. The normalized spacial score (nSPS) is 21.5. The molecular weight excluding hydrogens is 342 g/mol. The van der Waals surface area contributed by atoms with Gasteiger partial charge in [0.1, 0.15) is 23.5 Å². The number of nitrogens with zero attached hydrogens (tertiary/aromatic N) is 4. The summed E-state index contributed by atoms with van der Waals surface area (Å²) in [4.78, 5) is 27.7. The number of carbonyl (C=O) groups excluding carboxylic acids is 1. The number of likely N-dealkylation sites (tertiary alicyclic amines) is 1. The van der Waals surface area contributed by atoms with Gasteiger partial charge >= 0.3 is 0 Å². The van der Waals surface area contributed by atoms with Crippen LogP contribution in [0.2, 0.25) is 0 Å². The van der Waals surface area contributed by atoms with Crippen LogP contribution in [0, 0.1) is 5.92 Å². The van der Waals surface area contributed by atoms with Crippen molar-refractivity contribution in [2.45, 2.75) is 19.4 Å². The minimum absolute atomic E-state index is 0.0604. The van der Waals surface area contributed by atoms with Crippen LogP contribution in [0.5, 0.6) is 0 Å². The van der Waals surface area contributed by atoms with Gasteiger partial charge in [-0.1, -0.05) is 6.92 Å². The third-order valence-electron chi connectivity index (χ3n) is 4.82. The molecule has 1 saturated heterocycles. The Morgan fingerprint density at radius 1 is 1.44 bits per heavy atom. The lowest BCUT2D eigenvalue weighted by atomic mass is 9.92. The first-order chi connectivity index (χ1) is 11.8. The molecule has 0 radical (unpaired) electrons. The molecule has 1 N–H and O–H groups in total. The van der Waals surface area contributed by atoms with E-state index in [9.17, 15) is 13.2 Å². The Labute approximate surface area is 147 Å². The second kappa shape index (κ2) is 6.62. The highest BCUT2D eigenvalue weighted by Gasteiger charge is 2.33. The van der Waals surface area contributed by atoms with E-state index in [0.29, 0.717) is 19.0 Å². The molecule has 0 aliphatic carbocycles. The lowest BCUT2D eigenvalue weighted by Gasteiger charge is -2.42. The summed E-state index contributed by atoms with van der Waals surface area (Å²) in [6.07, 6.45) is 5.25. The van der Waals surface area contributed by atoms with Crippen molar-refractivity contribution in [3.63, 3.8) is 0 Å². The first-order valence-corrected chi connectivity index (χ1v) is 10.3. The molecule has 0 unspecified atom stereocenters. The third kappa shape index (κ3) is 3.76. The molecule has 2 aromatic heterocycles. The second-order valence-electron chi connectivity index (χ2n) is 6.79. The molecule has 136 valence electrons. The number of likely N-dealkylation sites (N-methyl/N-ethyl adjacent to an activating group) is 1.